The molecule has 5 rings (SSSR count). The minimum absolute atomic E-state index is 0.0523. The molecule has 0 aliphatic carbocycles. The van der Waals surface area contributed by atoms with Gasteiger partial charge in [0.1, 0.15) is 22.0 Å². The Morgan fingerprint density at radius 3 is 2.74 bits per heavy atom. The van der Waals surface area contributed by atoms with Crippen LogP contribution in [0.2, 0.25) is 0 Å². The van der Waals surface area contributed by atoms with Gasteiger partial charge in [-0.2, -0.15) is 0 Å². The fourth-order valence-corrected chi connectivity index (χ4v) is 5.06. The zero-order valence-electron chi connectivity index (χ0n) is 20.5. The number of ether oxygens (including phenoxy) is 2. The maximum Gasteiger partial charge on any atom is 0.312 e. The first-order chi connectivity index (χ1) is 18.8. The average Bonchev–Trinajstić information content (AvgIpc) is 3.40. The Morgan fingerprint density at radius 1 is 1.15 bits per heavy atom. The number of hydrogen-bond acceptors (Lipinski definition) is 10. The lowest BCUT2D eigenvalue weighted by molar-refractivity contribution is -0.384. The van der Waals surface area contributed by atoms with Gasteiger partial charge >= 0.3 is 5.69 Å². The molecule has 4 heterocycles. The number of sulfonamides is 1. The Labute approximate surface area is 222 Å². The molecule has 13 nitrogen and oxygen atoms in total. The lowest BCUT2D eigenvalue weighted by Gasteiger charge is -2.22. The second-order valence-corrected chi connectivity index (χ2v) is 10.5. The van der Waals surface area contributed by atoms with Crippen LogP contribution in [-0.4, -0.2) is 54.0 Å². The smallest absolute Gasteiger partial charge is 0.312 e. The van der Waals surface area contributed by atoms with Crippen molar-refractivity contribution in [1.29, 1.82) is 0 Å². The van der Waals surface area contributed by atoms with Crippen LogP contribution in [0, 0.1) is 16.0 Å². The third-order valence-electron chi connectivity index (χ3n) is 6.21. The highest BCUT2D eigenvalue weighted by Crippen LogP contribution is 2.29. The molecule has 1 saturated heterocycles. The van der Waals surface area contributed by atoms with E-state index in [1.165, 1.54) is 18.3 Å². The van der Waals surface area contributed by atoms with Gasteiger partial charge in [-0.3, -0.25) is 14.9 Å². The third-order valence-corrected chi connectivity index (χ3v) is 7.51. The highest BCUT2D eigenvalue weighted by Gasteiger charge is 2.26. The maximum absolute atomic E-state index is 13.0. The van der Waals surface area contributed by atoms with Gasteiger partial charge in [-0.25, -0.2) is 23.1 Å². The molecule has 0 unspecified atom stereocenters. The van der Waals surface area contributed by atoms with Crippen LogP contribution in [0.1, 0.15) is 23.2 Å². The number of H-pyrrole nitrogens is 1. The van der Waals surface area contributed by atoms with Gasteiger partial charge in [-0.1, -0.05) is 12.1 Å². The molecule has 1 aliphatic rings. The molecule has 3 aromatic heterocycles. The van der Waals surface area contributed by atoms with E-state index >= 15 is 0 Å². The van der Waals surface area contributed by atoms with Gasteiger partial charge in [0.2, 0.25) is 5.82 Å². The lowest BCUT2D eigenvalue weighted by Crippen LogP contribution is -2.31. The van der Waals surface area contributed by atoms with Gasteiger partial charge in [0.15, 0.2) is 0 Å². The molecule has 39 heavy (non-hydrogen) atoms. The van der Waals surface area contributed by atoms with Crippen LogP contribution >= 0.6 is 0 Å². The topological polar surface area (TPSA) is 178 Å². The number of aromatic amines is 1. The number of amides is 1. The summed E-state index contributed by atoms with van der Waals surface area (Å²) in [6.45, 7) is 1.67. The van der Waals surface area contributed by atoms with E-state index in [0.717, 1.165) is 30.5 Å². The predicted molar refractivity (Wildman–Crippen MR) is 140 cm³/mol. The van der Waals surface area contributed by atoms with Crippen LogP contribution in [-0.2, 0) is 14.8 Å². The molecule has 0 radical (unpaired) electrons. The highest BCUT2D eigenvalue weighted by atomic mass is 32.2. The predicted octanol–water partition coefficient (Wildman–Crippen LogP) is 3.62. The van der Waals surface area contributed by atoms with Gasteiger partial charge in [-0.05, 0) is 43.0 Å². The number of fused-ring (bicyclic) bond motifs is 1. The number of nitrogens with one attached hydrogen (secondary N) is 3. The second-order valence-electron chi connectivity index (χ2n) is 8.85. The van der Waals surface area contributed by atoms with Crippen LogP contribution in [0.25, 0.3) is 11.0 Å². The highest BCUT2D eigenvalue weighted by molar-refractivity contribution is 7.90. The molecule has 0 spiro atoms. The van der Waals surface area contributed by atoms with Crippen LogP contribution in [0.3, 0.4) is 0 Å². The van der Waals surface area contributed by atoms with E-state index in [4.69, 9.17) is 9.47 Å². The molecule has 1 aliphatic heterocycles. The number of rotatable bonds is 9. The van der Waals surface area contributed by atoms with Gasteiger partial charge < -0.3 is 19.8 Å². The van der Waals surface area contributed by atoms with E-state index < -0.39 is 31.4 Å². The van der Waals surface area contributed by atoms with Crippen molar-refractivity contribution in [2.24, 2.45) is 5.92 Å². The molecule has 1 amide bonds. The van der Waals surface area contributed by atoms with E-state index in [2.05, 4.69) is 20.3 Å². The molecule has 3 N–H and O–H groups in total. The summed E-state index contributed by atoms with van der Waals surface area (Å²) < 4.78 is 39.1. The summed E-state index contributed by atoms with van der Waals surface area (Å²) in [7, 11) is -4.51. The normalized spacial score (nSPS) is 14.2. The molecule has 0 bridgehead atoms. The number of para-hydroxylation sites is 1. The number of carbonyl (C=O) groups excluding carboxylic acids is 1. The van der Waals surface area contributed by atoms with E-state index in [0.29, 0.717) is 31.2 Å². The quantitative estimate of drug-likeness (QED) is 0.205. The number of nitro groups is 1. The molecule has 0 atom stereocenters. The molecule has 202 valence electrons. The van der Waals surface area contributed by atoms with E-state index in [-0.39, 0.29) is 23.0 Å². The van der Waals surface area contributed by atoms with E-state index in [9.17, 15) is 23.3 Å². The molecule has 0 saturated carbocycles. The number of hydrogen-bond donors (Lipinski definition) is 3. The van der Waals surface area contributed by atoms with E-state index in [1.54, 1.807) is 30.5 Å². The first-order valence-corrected chi connectivity index (χ1v) is 13.5. The number of benzene rings is 1. The summed E-state index contributed by atoms with van der Waals surface area (Å²) in [5.74, 6) is -0.340. The molecule has 1 aromatic carbocycles. The Bertz CT molecular complexity index is 1630. The molecule has 4 aromatic rings. The number of nitrogens with zero attached hydrogens (tertiary/aromatic N) is 3. The van der Waals surface area contributed by atoms with Crippen molar-refractivity contribution in [3.05, 3.63) is 76.7 Å². The fourth-order valence-electron chi connectivity index (χ4n) is 4.13. The second kappa shape index (κ2) is 11.0. The minimum Gasteiger partial charge on any atom is -0.455 e. The van der Waals surface area contributed by atoms with Crippen LogP contribution in [0.15, 0.2) is 66.0 Å². The van der Waals surface area contributed by atoms with Crippen molar-refractivity contribution in [3.8, 4) is 11.5 Å². The largest absolute Gasteiger partial charge is 0.455 e. The lowest BCUT2D eigenvalue weighted by atomic mass is 10.0. The number of pyridine rings is 2. The van der Waals surface area contributed by atoms with E-state index in [1.807, 2.05) is 4.72 Å². The summed E-state index contributed by atoms with van der Waals surface area (Å²) in [6.07, 6.45) is 5.77. The summed E-state index contributed by atoms with van der Waals surface area (Å²) in [4.78, 5) is 34.6. The average molecular weight is 553 g/mol. The summed E-state index contributed by atoms with van der Waals surface area (Å²) in [6, 6.07) is 10.5. The first kappa shape index (κ1) is 26.1. The van der Waals surface area contributed by atoms with Crippen molar-refractivity contribution in [2.75, 3.05) is 25.1 Å². The van der Waals surface area contributed by atoms with Crippen molar-refractivity contribution >= 4 is 38.5 Å². The number of carbonyl (C=O) groups is 1. The summed E-state index contributed by atoms with van der Waals surface area (Å²) >= 11 is 0. The summed E-state index contributed by atoms with van der Waals surface area (Å²) in [5.41, 5.74) is 0.0770. The molecular weight excluding hydrogens is 528 g/mol. The maximum atomic E-state index is 13.0. The third kappa shape index (κ3) is 5.97. The zero-order chi connectivity index (χ0) is 27.4. The molecule has 14 heteroatoms. The van der Waals surface area contributed by atoms with Crippen LogP contribution in [0.5, 0.6) is 11.5 Å². The van der Waals surface area contributed by atoms with Crippen LogP contribution in [0.4, 0.5) is 11.5 Å². The molecular formula is C25H24N6O7S. The SMILES string of the molecule is O=C(NS(=O)(=O)c1cnc(NCC2CCOCC2)c([N+](=O)[O-])c1)c1ccccc1Oc1cnc2[nH]ccc2c1. The molecule has 1 fully saturated rings. The van der Waals surface area contributed by atoms with Gasteiger partial charge in [0.05, 0.1) is 22.9 Å². The number of aromatic nitrogens is 3. The van der Waals surface area contributed by atoms with Crippen molar-refractivity contribution in [1.82, 2.24) is 19.7 Å². The fraction of sp³-hybridized carbons (Fsp3) is 0.240. The standard InChI is InChI=1S/C25H24N6O7S/c32-25(20-3-1-2-4-22(20)38-18-11-17-5-8-26-23(17)28-14-18)30-39(35,36)19-12-21(31(33)34)24(29-15-19)27-13-16-6-9-37-10-7-16/h1-5,8,11-12,14-16H,6-7,9-10,13H2,(H,26,28)(H,27,29)(H,30,32). The Morgan fingerprint density at radius 2 is 1.95 bits per heavy atom. The minimum atomic E-state index is -4.51. The summed E-state index contributed by atoms with van der Waals surface area (Å²) in [5, 5.41) is 15.4. The Kier molecular flexibility index (Phi) is 7.38. The Balaban J connectivity index is 1.33. The van der Waals surface area contributed by atoms with Crippen molar-refractivity contribution in [2.45, 2.75) is 17.7 Å². The zero-order valence-corrected chi connectivity index (χ0v) is 21.3. The van der Waals surface area contributed by atoms with Crippen LogP contribution < -0.4 is 14.8 Å². The van der Waals surface area contributed by atoms with Gasteiger partial charge in [0.25, 0.3) is 15.9 Å². The van der Waals surface area contributed by atoms with Crippen molar-refractivity contribution < 1.29 is 27.6 Å². The monoisotopic (exact) mass is 552 g/mol. The van der Waals surface area contributed by atoms with Crippen molar-refractivity contribution in [3.63, 3.8) is 0 Å². The first-order valence-electron chi connectivity index (χ1n) is 12.0. The Hall–Kier alpha value is -4.56. The van der Waals surface area contributed by atoms with Gasteiger partial charge in [0, 0.05) is 37.4 Å². The van der Waals surface area contributed by atoms with Gasteiger partial charge in [-0.15, -0.1) is 0 Å². The number of anilines is 1.